The molecule has 0 aliphatic heterocycles. The Balaban J connectivity index is 2.06. The first-order chi connectivity index (χ1) is 8.92. The van der Waals surface area contributed by atoms with E-state index in [0.29, 0.717) is 5.56 Å². The molecular formula is C14H15O4P. The van der Waals surface area contributed by atoms with Gasteiger partial charge in [-0.05, 0) is 35.2 Å². The number of hydrogen-bond acceptors (Lipinski definition) is 2. The van der Waals surface area contributed by atoms with Crippen molar-refractivity contribution >= 4 is 7.60 Å². The van der Waals surface area contributed by atoms with Crippen LogP contribution in [0.4, 0.5) is 0 Å². The van der Waals surface area contributed by atoms with Crippen molar-refractivity contribution in [2.75, 3.05) is 0 Å². The summed E-state index contributed by atoms with van der Waals surface area (Å²) < 4.78 is 10.9. The minimum Gasteiger partial charge on any atom is -0.508 e. The lowest BCUT2D eigenvalue weighted by Crippen LogP contribution is -1.90. The predicted molar refractivity (Wildman–Crippen MR) is 73.1 cm³/mol. The van der Waals surface area contributed by atoms with Crippen LogP contribution < -0.4 is 0 Å². The van der Waals surface area contributed by atoms with E-state index < -0.39 is 7.60 Å². The molecule has 0 heterocycles. The lowest BCUT2D eigenvalue weighted by Gasteiger charge is -2.06. The molecule has 19 heavy (non-hydrogen) atoms. The van der Waals surface area contributed by atoms with Crippen LogP contribution in [0.15, 0.2) is 48.5 Å². The zero-order chi connectivity index (χ0) is 13.9. The van der Waals surface area contributed by atoms with Crippen molar-refractivity contribution in [3.05, 3.63) is 65.2 Å². The summed E-state index contributed by atoms with van der Waals surface area (Å²) in [6.07, 6.45) is 0.489. The van der Waals surface area contributed by atoms with E-state index in [-0.39, 0.29) is 11.9 Å². The zero-order valence-electron chi connectivity index (χ0n) is 10.2. The average molecular weight is 278 g/mol. The zero-order valence-corrected chi connectivity index (χ0v) is 11.1. The van der Waals surface area contributed by atoms with Crippen LogP contribution in [0.3, 0.4) is 0 Å². The van der Waals surface area contributed by atoms with Crippen molar-refractivity contribution in [2.24, 2.45) is 0 Å². The third-order valence-corrected chi connectivity index (χ3v) is 3.53. The predicted octanol–water partition coefficient (Wildman–Crippen LogP) is 2.66. The summed E-state index contributed by atoms with van der Waals surface area (Å²) in [6.45, 7) is 0. The Kier molecular flexibility index (Phi) is 4.05. The first-order valence-corrected chi connectivity index (χ1v) is 7.62. The molecule has 0 aliphatic carbocycles. The summed E-state index contributed by atoms with van der Waals surface area (Å²) in [6, 6.07) is 14.1. The van der Waals surface area contributed by atoms with Crippen LogP contribution >= 0.6 is 7.60 Å². The average Bonchev–Trinajstić information content (AvgIpc) is 2.33. The minimum absolute atomic E-state index is 0.230. The molecule has 0 saturated carbocycles. The topological polar surface area (TPSA) is 77.8 Å². The summed E-state index contributed by atoms with van der Waals surface area (Å²) in [7, 11) is -4.00. The van der Waals surface area contributed by atoms with Gasteiger partial charge in [-0.3, -0.25) is 4.57 Å². The second-order valence-corrected chi connectivity index (χ2v) is 6.13. The maximum atomic E-state index is 10.9. The highest BCUT2D eigenvalue weighted by Crippen LogP contribution is 2.38. The second kappa shape index (κ2) is 5.57. The summed E-state index contributed by atoms with van der Waals surface area (Å²) in [5, 5.41) is 9.19. The summed E-state index contributed by atoms with van der Waals surface area (Å²) >= 11 is 0. The molecule has 5 heteroatoms. The summed E-state index contributed by atoms with van der Waals surface area (Å²) in [5.41, 5.74) is 2.75. The molecule has 100 valence electrons. The van der Waals surface area contributed by atoms with Crippen LogP contribution in [0.2, 0.25) is 0 Å². The Bertz CT molecular complexity index is 584. The van der Waals surface area contributed by atoms with Gasteiger partial charge in [0.15, 0.2) is 0 Å². The number of hydrogen-bond donors (Lipinski definition) is 3. The number of rotatable bonds is 4. The molecule has 0 fully saturated rings. The number of phenols is 1. The fraction of sp³-hybridized carbons (Fsp3) is 0.143. The first-order valence-electron chi connectivity index (χ1n) is 5.83. The molecule has 2 aromatic rings. The first kappa shape index (κ1) is 13.8. The van der Waals surface area contributed by atoms with Crippen molar-refractivity contribution in [1.82, 2.24) is 0 Å². The van der Waals surface area contributed by atoms with E-state index in [4.69, 9.17) is 9.79 Å². The molecule has 0 amide bonds. The summed E-state index contributed by atoms with van der Waals surface area (Å²) in [4.78, 5) is 17.8. The molecule has 0 aliphatic rings. The van der Waals surface area contributed by atoms with Gasteiger partial charge >= 0.3 is 7.60 Å². The molecule has 0 spiro atoms. The molecule has 0 saturated heterocycles. The van der Waals surface area contributed by atoms with Gasteiger partial charge in [-0.2, -0.15) is 0 Å². The van der Waals surface area contributed by atoms with Gasteiger partial charge in [0.1, 0.15) is 5.75 Å². The van der Waals surface area contributed by atoms with Crippen LogP contribution in [0, 0.1) is 0 Å². The highest BCUT2D eigenvalue weighted by molar-refractivity contribution is 7.50. The van der Waals surface area contributed by atoms with Gasteiger partial charge in [-0.15, -0.1) is 0 Å². The van der Waals surface area contributed by atoms with Gasteiger partial charge in [0.25, 0.3) is 0 Å². The number of phenolic OH excluding ortho intramolecular Hbond substituents is 1. The summed E-state index contributed by atoms with van der Waals surface area (Å²) in [5.74, 6) is 0.237. The standard InChI is InChI=1S/C14H15O4P/c15-14-7-5-12(6-8-14)9-11-1-3-13(4-2-11)10-19(16,17)18/h1-8,15H,9-10H2,(H2,16,17,18). The van der Waals surface area contributed by atoms with E-state index in [1.165, 1.54) is 0 Å². The molecule has 4 nitrogen and oxygen atoms in total. The largest absolute Gasteiger partial charge is 0.508 e. The van der Waals surface area contributed by atoms with Gasteiger partial charge < -0.3 is 14.9 Å². The van der Waals surface area contributed by atoms with Gasteiger partial charge in [-0.1, -0.05) is 36.4 Å². The lowest BCUT2D eigenvalue weighted by atomic mass is 10.0. The molecule has 0 aromatic heterocycles. The van der Waals surface area contributed by atoms with Gasteiger partial charge in [0, 0.05) is 0 Å². The molecule has 0 atom stereocenters. The third kappa shape index (κ3) is 4.52. The Morgan fingerprint density at radius 3 is 1.68 bits per heavy atom. The van der Waals surface area contributed by atoms with E-state index in [1.807, 2.05) is 24.3 Å². The van der Waals surface area contributed by atoms with Crippen LogP contribution in [0.25, 0.3) is 0 Å². The van der Waals surface area contributed by atoms with E-state index in [1.54, 1.807) is 24.3 Å². The van der Waals surface area contributed by atoms with Crippen LogP contribution in [-0.2, 0) is 17.1 Å². The van der Waals surface area contributed by atoms with E-state index in [9.17, 15) is 9.67 Å². The normalized spacial score (nSPS) is 11.5. The van der Waals surface area contributed by atoms with Crippen molar-refractivity contribution < 1.29 is 19.5 Å². The molecule has 0 bridgehead atoms. The fourth-order valence-electron chi connectivity index (χ4n) is 1.85. The quantitative estimate of drug-likeness (QED) is 0.751. The van der Waals surface area contributed by atoms with Gasteiger partial charge in [0.05, 0.1) is 6.16 Å². The monoisotopic (exact) mass is 278 g/mol. The van der Waals surface area contributed by atoms with Gasteiger partial charge in [-0.25, -0.2) is 0 Å². The molecular weight excluding hydrogens is 263 g/mol. The molecule has 2 aromatic carbocycles. The molecule has 2 rings (SSSR count). The molecule has 0 unspecified atom stereocenters. The third-order valence-electron chi connectivity index (χ3n) is 2.76. The second-order valence-electron chi connectivity index (χ2n) is 4.48. The number of benzene rings is 2. The maximum absolute atomic E-state index is 10.9. The van der Waals surface area contributed by atoms with E-state index in [2.05, 4.69) is 0 Å². The highest BCUT2D eigenvalue weighted by Gasteiger charge is 2.13. The molecule has 0 radical (unpaired) electrons. The van der Waals surface area contributed by atoms with E-state index in [0.717, 1.165) is 17.5 Å². The van der Waals surface area contributed by atoms with Crippen LogP contribution in [0.1, 0.15) is 16.7 Å². The Morgan fingerprint density at radius 2 is 1.21 bits per heavy atom. The molecule has 3 N–H and O–H groups in total. The van der Waals surface area contributed by atoms with Crippen molar-refractivity contribution in [2.45, 2.75) is 12.6 Å². The Hall–Kier alpha value is -1.61. The highest BCUT2D eigenvalue weighted by atomic mass is 31.2. The smallest absolute Gasteiger partial charge is 0.329 e. The van der Waals surface area contributed by atoms with Crippen molar-refractivity contribution in [1.29, 1.82) is 0 Å². The SMILES string of the molecule is O=P(O)(O)Cc1ccc(Cc2ccc(O)cc2)cc1. The minimum atomic E-state index is -4.00. The van der Waals surface area contributed by atoms with Crippen molar-refractivity contribution in [3.63, 3.8) is 0 Å². The Morgan fingerprint density at radius 1 is 0.789 bits per heavy atom. The Labute approximate surface area is 111 Å². The van der Waals surface area contributed by atoms with Gasteiger partial charge in [0.2, 0.25) is 0 Å². The van der Waals surface area contributed by atoms with Crippen molar-refractivity contribution in [3.8, 4) is 5.75 Å². The fourth-order valence-corrected chi connectivity index (χ4v) is 2.54. The van der Waals surface area contributed by atoms with E-state index >= 15 is 0 Å². The maximum Gasteiger partial charge on any atom is 0.329 e. The number of aromatic hydroxyl groups is 1. The van der Waals surface area contributed by atoms with Crippen LogP contribution in [0.5, 0.6) is 5.75 Å². The van der Waals surface area contributed by atoms with Crippen LogP contribution in [-0.4, -0.2) is 14.9 Å². The lowest BCUT2D eigenvalue weighted by molar-refractivity contribution is 0.371.